The standard InChI is InChI=1S/C19H24N2O3S/c20-19(22)12-18(21-25(23,24)13-14-6-1-2-7-14)17-11-5-9-15-8-3-4-10-16(15)17/h3-5,8-11,14,18,21H,1-2,6-7,12-13H2,(H2,20,22). The molecule has 1 fully saturated rings. The molecule has 1 unspecified atom stereocenters. The number of hydrogen-bond acceptors (Lipinski definition) is 3. The van der Waals surface area contributed by atoms with Gasteiger partial charge in [-0.3, -0.25) is 4.79 Å². The second-order valence-corrected chi connectivity index (χ2v) is 8.64. The van der Waals surface area contributed by atoms with Crippen molar-refractivity contribution in [2.75, 3.05) is 5.75 Å². The summed E-state index contributed by atoms with van der Waals surface area (Å²) >= 11 is 0. The quantitative estimate of drug-likeness (QED) is 0.795. The Hall–Kier alpha value is -1.92. The minimum absolute atomic E-state index is 0.0576. The van der Waals surface area contributed by atoms with Gasteiger partial charge in [0.05, 0.1) is 11.8 Å². The summed E-state index contributed by atoms with van der Waals surface area (Å²) in [6.07, 6.45) is 4.03. The van der Waals surface area contributed by atoms with Crippen LogP contribution in [0.5, 0.6) is 0 Å². The average Bonchev–Trinajstić information content (AvgIpc) is 3.05. The lowest BCUT2D eigenvalue weighted by molar-refractivity contribution is -0.118. The van der Waals surface area contributed by atoms with E-state index in [1.54, 1.807) is 0 Å². The number of nitrogens with two attached hydrogens (primary N) is 1. The fourth-order valence-corrected chi connectivity index (χ4v) is 5.42. The molecule has 3 N–H and O–H groups in total. The zero-order chi connectivity index (χ0) is 17.9. The lowest BCUT2D eigenvalue weighted by Crippen LogP contribution is -2.35. The van der Waals surface area contributed by atoms with E-state index < -0.39 is 22.0 Å². The highest BCUT2D eigenvalue weighted by molar-refractivity contribution is 7.89. The third-order valence-electron chi connectivity index (χ3n) is 4.86. The van der Waals surface area contributed by atoms with Crippen LogP contribution in [0.15, 0.2) is 42.5 Å². The molecule has 0 bridgehead atoms. The summed E-state index contributed by atoms with van der Waals surface area (Å²) in [6, 6.07) is 12.8. The monoisotopic (exact) mass is 360 g/mol. The number of primary amides is 1. The molecule has 2 aromatic carbocycles. The highest BCUT2D eigenvalue weighted by Gasteiger charge is 2.27. The molecular weight excluding hydrogens is 336 g/mol. The predicted molar refractivity (Wildman–Crippen MR) is 99.4 cm³/mol. The molecule has 0 saturated heterocycles. The van der Waals surface area contributed by atoms with Crippen molar-refractivity contribution < 1.29 is 13.2 Å². The van der Waals surface area contributed by atoms with Gasteiger partial charge in [-0.1, -0.05) is 55.3 Å². The van der Waals surface area contributed by atoms with Gasteiger partial charge in [0.2, 0.25) is 15.9 Å². The van der Waals surface area contributed by atoms with Gasteiger partial charge in [0.1, 0.15) is 0 Å². The molecule has 134 valence electrons. The lowest BCUT2D eigenvalue weighted by atomic mass is 9.97. The van der Waals surface area contributed by atoms with Crippen LogP contribution in [0.2, 0.25) is 0 Å². The number of amides is 1. The molecule has 1 amide bonds. The van der Waals surface area contributed by atoms with E-state index in [4.69, 9.17) is 5.73 Å². The molecule has 0 radical (unpaired) electrons. The van der Waals surface area contributed by atoms with Crippen molar-refractivity contribution in [2.45, 2.75) is 38.1 Å². The predicted octanol–water partition coefficient (Wildman–Crippen LogP) is 2.87. The summed E-state index contributed by atoms with van der Waals surface area (Å²) in [5.74, 6) is -0.201. The van der Waals surface area contributed by atoms with E-state index in [9.17, 15) is 13.2 Å². The topological polar surface area (TPSA) is 89.3 Å². The van der Waals surface area contributed by atoms with Crippen LogP contribution < -0.4 is 10.5 Å². The molecule has 25 heavy (non-hydrogen) atoms. The second kappa shape index (κ2) is 7.54. The summed E-state index contributed by atoms with van der Waals surface area (Å²) in [7, 11) is -3.48. The van der Waals surface area contributed by atoms with Crippen LogP contribution >= 0.6 is 0 Å². The Balaban J connectivity index is 1.90. The van der Waals surface area contributed by atoms with Crippen molar-refractivity contribution in [3.05, 3.63) is 48.0 Å². The smallest absolute Gasteiger partial charge is 0.219 e. The molecule has 1 saturated carbocycles. The van der Waals surface area contributed by atoms with E-state index >= 15 is 0 Å². The van der Waals surface area contributed by atoms with Crippen molar-refractivity contribution in [3.63, 3.8) is 0 Å². The van der Waals surface area contributed by atoms with Crippen molar-refractivity contribution >= 4 is 26.7 Å². The maximum Gasteiger partial charge on any atom is 0.219 e. The number of nitrogens with one attached hydrogen (secondary N) is 1. The van der Waals surface area contributed by atoms with Crippen LogP contribution in [-0.4, -0.2) is 20.1 Å². The summed E-state index contributed by atoms with van der Waals surface area (Å²) in [5, 5.41) is 1.93. The number of sulfonamides is 1. The number of carbonyl (C=O) groups excluding carboxylic acids is 1. The summed E-state index contributed by atoms with van der Waals surface area (Å²) in [6.45, 7) is 0. The Morgan fingerprint density at radius 2 is 1.80 bits per heavy atom. The van der Waals surface area contributed by atoms with Gasteiger partial charge in [-0.05, 0) is 35.1 Å². The number of benzene rings is 2. The number of rotatable bonds is 7. The van der Waals surface area contributed by atoms with E-state index in [-0.39, 0.29) is 18.1 Å². The minimum atomic E-state index is -3.48. The molecule has 0 aliphatic heterocycles. The van der Waals surface area contributed by atoms with Gasteiger partial charge in [-0.25, -0.2) is 13.1 Å². The van der Waals surface area contributed by atoms with Crippen molar-refractivity contribution in [1.82, 2.24) is 4.72 Å². The first-order valence-electron chi connectivity index (χ1n) is 8.70. The van der Waals surface area contributed by atoms with Crippen molar-refractivity contribution in [3.8, 4) is 0 Å². The second-order valence-electron chi connectivity index (χ2n) is 6.84. The van der Waals surface area contributed by atoms with E-state index in [1.165, 1.54) is 0 Å². The molecule has 1 aliphatic rings. The average molecular weight is 360 g/mol. The van der Waals surface area contributed by atoms with E-state index in [1.807, 2.05) is 42.5 Å². The van der Waals surface area contributed by atoms with E-state index in [2.05, 4.69) is 4.72 Å². The summed E-state index contributed by atoms with van der Waals surface area (Å²) in [5.41, 5.74) is 6.17. The Bertz CT molecular complexity index is 853. The van der Waals surface area contributed by atoms with Crippen LogP contribution in [0.4, 0.5) is 0 Å². The molecule has 2 aromatic rings. The Morgan fingerprint density at radius 3 is 2.52 bits per heavy atom. The molecule has 5 nitrogen and oxygen atoms in total. The van der Waals surface area contributed by atoms with Gasteiger partial charge in [0.15, 0.2) is 0 Å². The lowest BCUT2D eigenvalue weighted by Gasteiger charge is -2.21. The van der Waals surface area contributed by atoms with E-state index in [0.717, 1.165) is 42.0 Å². The maximum atomic E-state index is 12.6. The first-order chi connectivity index (χ1) is 11.9. The third kappa shape index (κ3) is 4.58. The van der Waals surface area contributed by atoms with Crippen LogP contribution in [0.3, 0.4) is 0 Å². The van der Waals surface area contributed by atoms with Gasteiger partial charge in [0, 0.05) is 6.42 Å². The molecule has 3 rings (SSSR count). The summed E-state index contributed by atoms with van der Waals surface area (Å²) in [4.78, 5) is 11.5. The Kier molecular flexibility index (Phi) is 5.39. The molecule has 1 atom stereocenters. The fraction of sp³-hybridized carbons (Fsp3) is 0.421. The first-order valence-corrected chi connectivity index (χ1v) is 10.4. The van der Waals surface area contributed by atoms with Gasteiger partial charge in [-0.15, -0.1) is 0 Å². The van der Waals surface area contributed by atoms with Crippen molar-refractivity contribution in [1.29, 1.82) is 0 Å². The van der Waals surface area contributed by atoms with Crippen LogP contribution in [-0.2, 0) is 14.8 Å². The van der Waals surface area contributed by atoms with Gasteiger partial charge >= 0.3 is 0 Å². The molecule has 0 heterocycles. The highest BCUT2D eigenvalue weighted by Crippen LogP contribution is 2.29. The number of hydrogen-bond donors (Lipinski definition) is 2. The zero-order valence-electron chi connectivity index (χ0n) is 14.1. The normalized spacial score (nSPS) is 17.0. The molecule has 1 aliphatic carbocycles. The van der Waals surface area contributed by atoms with Crippen LogP contribution in [0.1, 0.15) is 43.7 Å². The van der Waals surface area contributed by atoms with E-state index in [0.29, 0.717) is 0 Å². The van der Waals surface area contributed by atoms with Gasteiger partial charge in [-0.2, -0.15) is 0 Å². The molecule has 0 spiro atoms. The SMILES string of the molecule is NC(=O)CC(NS(=O)(=O)CC1CCCC1)c1cccc2ccccc12. The minimum Gasteiger partial charge on any atom is -0.370 e. The Labute approximate surface area is 148 Å². The number of carbonyl (C=O) groups is 1. The zero-order valence-corrected chi connectivity index (χ0v) is 15.0. The fourth-order valence-electron chi connectivity index (χ4n) is 3.72. The third-order valence-corrected chi connectivity index (χ3v) is 6.41. The largest absolute Gasteiger partial charge is 0.370 e. The number of fused-ring (bicyclic) bond motifs is 1. The van der Waals surface area contributed by atoms with Gasteiger partial charge in [0.25, 0.3) is 0 Å². The molecular formula is C19H24N2O3S. The van der Waals surface area contributed by atoms with Crippen LogP contribution in [0, 0.1) is 5.92 Å². The molecule has 0 aromatic heterocycles. The maximum absolute atomic E-state index is 12.6. The Morgan fingerprint density at radius 1 is 1.12 bits per heavy atom. The van der Waals surface area contributed by atoms with Crippen LogP contribution in [0.25, 0.3) is 10.8 Å². The van der Waals surface area contributed by atoms with Gasteiger partial charge < -0.3 is 5.73 Å². The first kappa shape index (κ1) is 17.9. The summed E-state index contributed by atoms with van der Waals surface area (Å²) < 4.78 is 28.0. The highest BCUT2D eigenvalue weighted by atomic mass is 32.2. The molecule has 6 heteroatoms. The van der Waals surface area contributed by atoms with Crippen molar-refractivity contribution in [2.24, 2.45) is 11.7 Å².